The van der Waals surface area contributed by atoms with Crippen molar-refractivity contribution in [3.63, 3.8) is 0 Å². The standard InChI is InChI=1S/C3H5ClO4.K/c4-1-3(7,8)2(5)6;/h7-8H,1H2,(H,5,6);/q;+1/p-1. The Morgan fingerprint density at radius 1 is 1.67 bits per heavy atom. The van der Waals surface area contributed by atoms with E-state index in [1.165, 1.54) is 0 Å². The van der Waals surface area contributed by atoms with Crippen LogP contribution < -0.4 is 56.5 Å². The first-order valence-corrected chi connectivity index (χ1v) is 2.26. The molecule has 0 saturated heterocycles. The molecule has 0 fully saturated rings. The van der Waals surface area contributed by atoms with Crippen molar-refractivity contribution in [2.45, 2.75) is 5.79 Å². The van der Waals surface area contributed by atoms with Crippen LogP contribution in [0.1, 0.15) is 0 Å². The minimum Gasteiger partial charge on any atom is -0.544 e. The van der Waals surface area contributed by atoms with Crippen LogP contribution in [-0.2, 0) is 4.79 Å². The first-order chi connectivity index (χ1) is 3.50. The number of carboxylic acids is 1. The summed E-state index contributed by atoms with van der Waals surface area (Å²) in [7, 11) is 0. The summed E-state index contributed by atoms with van der Waals surface area (Å²) in [6.07, 6.45) is 0. The van der Waals surface area contributed by atoms with Crippen LogP contribution in [0.2, 0.25) is 0 Å². The van der Waals surface area contributed by atoms with E-state index < -0.39 is 17.6 Å². The maximum Gasteiger partial charge on any atom is 1.00 e. The molecule has 0 saturated carbocycles. The monoisotopic (exact) mass is 178 g/mol. The van der Waals surface area contributed by atoms with Crippen LogP contribution in [0.25, 0.3) is 0 Å². The maximum atomic E-state index is 9.56. The van der Waals surface area contributed by atoms with Gasteiger partial charge in [-0.3, -0.25) is 0 Å². The fraction of sp³-hybridized carbons (Fsp3) is 0.667. The molecular weight excluding hydrogens is 175 g/mol. The third-order valence-electron chi connectivity index (χ3n) is 0.513. The molecule has 0 aromatic heterocycles. The van der Waals surface area contributed by atoms with Crippen LogP contribution in [0.15, 0.2) is 0 Å². The van der Waals surface area contributed by atoms with Crippen LogP contribution in [0.3, 0.4) is 0 Å². The Balaban J connectivity index is 0. The van der Waals surface area contributed by atoms with Gasteiger partial charge in [0.15, 0.2) is 0 Å². The van der Waals surface area contributed by atoms with E-state index >= 15 is 0 Å². The minimum absolute atomic E-state index is 0. The van der Waals surface area contributed by atoms with Crippen molar-refractivity contribution >= 4 is 17.6 Å². The molecule has 0 heterocycles. The maximum absolute atomic E-state index is 9.56. The van der Waals surface area contributed by atoms with Crippen molar-refractivity contribution in [2.75, 3.05) is 5.88 Å². The fourth-order valence-corrected chi connectivity index (χ4v) is 0.164. The zero-order chi connectivity index (χ0) is 6.78. The van der Waals surface area contributed by atoms with Crippen LogP contribution in [0, 0.1) is 0 Å². The van der Waals surface area contributed by atoms with E-state index in [2.05, 4.69) is 0 Å². The number of carbonyl (C=O) groups is 1. The predicted molar refractivity (Wildman–Crippen MR) is 22.9 cm³/mol. The molecule has 6 heteroatoms. The van der Waals surface area contributed by atoms with Gasteiger partial charge in [0.2, 0.25) is 5.79 Å². The van der Waals surface area contributed by atoms with Crippen LogP contribution in [0.4, 0.5) is 0 Å². The van der Waals surface area contributed by atoms with Crippen LogP contribution >= 0.6 is 11.6 Å². The molecule has 4 nitrogen and oxygen atoms in total. The molecule has 0 aliphatic heterocycles. The van der Waals surface area contributed by atoms with Gasteiger partial charge in [0, 0.05) is 0 Å². The second-order valence-electron chi connectivity index (χ2n) is 1.24. The van der Waals surface area contributed by atoms with E-state index in [4.69, 9.17) is 21.8 Å². The second-order valence-corrected chi connectivity index (χ2v) is 1.50. The molecule has 0 atom stereocenters. The summed E-state index contributed by atoms with van der Waals surface area (Å²) in [6.45, 7) is 0. The average Bonchev–Trinajstić information content (AvgIpc) is 1.67. The molecule has 0 radical (unpaired) electrons. The molecule has 0 spiro atoms. The number of aliphatic hydroxyl groups is 2. The number of carbonyl (C=O) groups excluding carboxylic acids is 1. The molecular formula is C3H4ClKO4. The van der Waals surface area contributed by atoms with Gasteiger partial charge in [-0.1, -0.05) is 0 Å². The van der Waals surface area contributed by atoms with Gasteiger partial charge >= 0.3 is 51.4 Å². The average molecular weight is 179 g/mol. The van der Waals surface area contributed by atoms with E-state index in [1.807, 2.05) is 0 Å². The largest absolute Gasteiger partial charge is 1.00 e. The fourth-order valence-electron chi connectivity index (χ4n) is 0.0546. The van der Waals surface area contributed by atoms with Crippen LogP contribution in [0.5, 0.6) is 0 Å². The normalized spacial score (nSPS) is 10.1. The number of hydrogen-bond acceptors (Lipinski definition) is 4. The Labute approximate surface area is 99.2 Å². The number of hydrogen-bond donors (Lipinski definition) is 2. The van der Waals surface area contributed by atoms with Crippen molar-refractivity contribution in [3.05, 3.63) is 0 Å². The first-order valence-electron chi connectivity index (χ1n) is 1.73. The number of halogens is 1. The SMILES string of the molecule is O=C([O-])C(O)(O)CCl.[K+]. The van der Waals surface area contributed by atoms with Gasteiger partial charge in [-0.05, 0) is 0 Å². The summed E-state index contributed by atoms with van der Waals surface area (Å²) >= 11 is 4.77. The first kappa shape index (κ1) is 12.9. The summed E-state index contributed by atoms with van der Waals surface area (Å²) in [5.41, 5.74) is 0. The number of rotatable bonds is 2. The molecule has 0 rings (SSSR count). The number of aliphatic carboxylic acids is 1. The van der Waals surface area contributed by atoms with E-state index in [0.717, 1.165) is 0 Å². The summed E-state index contributed by atoms with van der Waals surface area (Å²) < 4.78 is 0. The molecule has 9 heavy (non-hydrogen) atoms. The van der Waals surface area contributed by atoms with Crippen molar-refractivity contribution < 1.29 is 71.5 Å². The zero-order valence-corrected chi connectivity index (χ0v) is 8.68. The number of carboxylic acid groups (broad SMARTS) is 1. The Morgan fingerprint density at radius 3 is 2.00 bits per heavy atom. The molecule has 0 aliphatic carbocycles. The molecule has 0 bridgehead atoms. The van der Waals surface area contributed by atoms with Gasteiger partial charge in [-0.25, -0.2) is 0 Å². The molecule has 0 amide bonds. The van der Waals surface area contributed by atoms with Gasteiger partial charge in [0.1, 0.15) is 5.97 Å². The van der Waals surface area contributed by atoms with Gasteiger partial charge in [-0.2, -0.15) is 0 Å². The third kappa shape index (κ3) is 4.69. The Hall–Kier alpha value is 1.32. The number of alkyl halides is 1. The minimum atomic E-state index is -2.89. The zero-order valence-electron chi connectivity index (χ0n) is 4.80. The van der Waals surface area contributed by atoms with Crippen molar-refractivity contribution in [3.8, 4) is 0 Å². The van der Waals surface area contributed by atoms with Gasteiger partial charge in [0.05, 0.1) is 5.88 Å². The van der Waals surface area contributed by atoms with E-state index in [0.29, 0.717) is 0 Å². The second kappa shape index (κ2) is 5.03. The molecule has 0 aliphatic rings. The quantitative estimate of drug-likeness (QED) is 0.252. The third-order valence-corrected chi connectivity index (χ3v) is 0.886. The molecule has 0 unspecified atom stereocenters. The summed E-state index contributed by atoms with van der Waals surface area (Å²) in [4.78, 5) is 9.56. The van der Waals surface area contributed by atoms with Gasteiger partial charge < -0.3 is 20.1 Å². The van der Waals surface area contributed by atoms with Gasteiger partial charge in [-0.15, -0.1) is 11.6 Å². The molecule has 0 aromatic rings. The van der Waals surface area contributed by atoms with E-state index in [9.17, 15) is 9.90 Å². The van der Waals surface area contributed by atoms with Gasteiger partial charge in [0.25, 0.3) is 0 Å². The summed E-state index contributed by atoms with van der Waals surface area (Å²) in [6, 6.07) is 0. The Bertz CT molecular complexity index is 104. The summed E-state index contributed by atoms with van der Waals surface area (Å²) in [5, 5.41) is 25.9. The topological polar surface area (TPSA) is 80.6 Å². The molecule has 0 aromatic carbocycles. The van der Waals surface area contributed by atoms with E-state index in [-0.39, 0.29) is 51.4 Å². The molecule has 48 valence electrons. The molecule has 2 N–H and O–H groups in total. The Morgan fingerprint density at radius 2 is 2.00 bits per heavy atom. The van der Waals surface area contributed by atoms with Crippen molar-refractivity contribution in [2.24, 2.45) is 0 Å². The smallest absolute Gasteiger partial charge is 0.544 e. The van der Waals surface area contributed by atoms with E-state index in [1.54, 1.807) is 0 Å². The van der Waals surface area contributed by atoms with Crippen LogP contribution in [-0.4, -0.2) is 27.8 Å². The predicted octanol–water partition coefficient (Wildman–Crippen LogP) is -5.34. The summed E-state index contributed by atoms with van der Waals surface area (Å²) in [5.74, 6) is -5.68. The Kier molecular flexibility index (Phi) is 7.24. The van der Waals surface area contributed by atoms with Crippen molar-refractivity contribution in [1.29, 1.82) is 0 Å². The van der Waals surface area contributed by atoms with Crippen molar-refractivity contribution in [1.82, 2.24) is 0 Å².